The Kier molecular flexibility index (Phi) is 4.30. The van der Waals surface area contributed by atoms with Crippen molar-refractivity contribution < 1.29 is 9.94 Å². The van der Waals surface area contributed by atoms with Gasteiger partial charge < -0.3 is 20.2 Å². The molecule has 0 bridgehead atoms. The summed E-state index contributed by atoms with van der Waals surface area (Å²) >= 11 is 0. The Morgan fingerprint density at radius 1 is 1.32 bits per heavy atom. The van der Waals surface area contributed by atoms with Crippen LogP contribution in [-0.4, -0.2) is 35.9 Å². The van der Waals surface area contributed by atoms with Crippen LogP contribution in [0, 0.1) is 0 Å². The SMILES string of the molecule is CC(C)=NOCc1nc2c(N)nc3cccnc3c2n1CC(C)(C)O. The molecule has 0 amide bonds. The largest absolute Gasteiger partial charge is 0.389 e. The zero-order chi connectivity index (χ0) is 18.2. The molecule has 3 rings (SSSR count). The van der Waals surface area contributed by atoms with Crippen LogP contribution in [0.15, 0.2) is 23.5 Å². The summed E-state index contributed by atoms with van der Waals surface area (Å²) in [7, 11) is 0. The number of hydrogen-bond acceptors (Lipinski definition) is 7. The average Bonchev–Trinajstić information content (AvgIpc) is 2.85. The second-order valence-corrected chi connectivity index (χ2v) is 6.80. The lowest BCUT2D eigenvalue weighted by atomic mass is 10.1. The number of nitrogens with zero attached hydrogens (tertiary/aromatic N) is 5. The minimum Gasteiger partial charge on any atom is -0.389 e. The molecule has 0 aliphatic heterocycles. The number of aliphatic hydroxyl groups is 1. The van der Waals surface area contributed by atoms with Gasteiger partial charge in [-0.1, -0.05) is 5.16 Å². The number of hydrogen-bond donors (Lipinski definition) is 2. The third kappa shape index (κ3) is 3.53. The number of imidazole rings is 1. The molecule has 8 heteroatoms. The van der Waals surface area contributed by atoms with Gasteiger partial charge in [0.15, 0.2) is 18.2 Å². The molecular formula is C17H22N6O2. The van der Waals surface area contributed by atoms with Gasteiger partial charge in [0, 0.05) is 6.20 Å². The highest BCUT2D eigenvalue weighted by Gasteiger charge is 2.23. The van der Waals surface area contributed by atoms with Crippen LogP contribution in [0.3, 0.4) is 0 Å². The van der Waals surface area contributed by atoms with Gasteiger partial charge in [0.1, 0.15) is 16.6 Å². The van der Waals surface area contributed by atoms with Crippen molar-refractivity contribution in [3.63, 3.8) is 0 Å². The van der Waals surface area contributed by atoms with Gasteiger partial charge in [0.25, 0.3) is 0 Å². The molecule has 0 aromatic carbocycles. The Hall–Kier alpha value is -2.74. The molecule has 3 heterocycles. The van der Waals surface area contributed by atoms with Crippen LogP contribution in [0.25, 0.3) is 22.1 Å². The lowest BCUT2D eigenvalue weighted by Gasteiger charge is -2.20. The fourth-order valence-corrected chi connectivity index (χ4v) is 2.66. The Bertz CT molecular complexity index is 951. The molecule has 0 aliphatic rings. The zero-order valence-corrected chi connectivity index (χ0v) is 14.8. The Morgan fingerprint density at radius 2 is 2.08 bits per heavy atom. The summed E-state index contributed by atoms with van der Waals surface area (Å²) in [4.78, 5) is 18.7. The maximum atomic E-state index is 10.3. The predicted octanol–water partition coefficient (Wildman–Crippen LogP) is 2.25. The minimum atomic E-state index is -0.953. The van der Waals surface area contributed by atoms with E-state index in [2.05, 4.69) is 20.1 Å². The second-order valence-electron chi connectivity index (χ2n) is 6.80. The van der Waals surface area contributed by atoms with Crippen molar-refractivity contribution in [1.29, 1.82) is 0 Å². The summed E-state index contributed by atoms with van der Waals surface area (Å²) in [5, 5.41) is 14.3. The first-order valence-corrected chi connectivity index (χ1v) is 8.01. The molecule has 132 valence electrons. The number of anilines is 1. The summed E-state index contributed by atoms with van der Waals surface area (Å²) < 4.78 is 1.88. The van der Waals surface area contributed by atoms with E-state index in [1.165, 1.54) is 0 Å². The van der Waals surface area contributed by atoms with Crippen molar-refractivity contribution in [2.45, 2.75) is 46.4 Å². The molecule has 25 heavy (non-hydrogen) atoms. The predicted molar refractivity (Wildman–Crippen MR) is 97.1 cm³/mol. The van der Waals surface area contributed by atoms with Crippen molar-refractivity contribution in [1.82, 2.24) is 19.5 Å². The molecule has 0 atom stereocenters. The Balaban J connectivity index is 2.24. The number of aromatic nitrogens is 4. The first-order chi connectivity index (χ1) is 11.8. The van der Waals surface area contributed by atoms with Crippen LogP contribution in [0.1, 0.15) is 33.5 Å². The molecule has 0 unspecified atom stereocenters. The van der Waals surface area contributed by atoms with Crippen LogP contribution in [-0.2, 0) is 18.0 Å². The van der Waals surface area contributed by atoms with E-state index in [0.717, 1.165) is 11.2 Å². The lowest BCUT2D eigenvalue weighted by molar-refractivity contribution is 0.0579. The first-order valence-electron chi connectivity index (χ1n) is 8.01. The Morgan fingerprint density at radius 3 is 2.76 bits per heavy atom. The van der Waals surface area contributed by atoms with Gasteiger partial charge in [-0.15, -0.1) is 0 Å². The third-order valence-electron chi connectivity index (χ3n) is 3.53. The summed E-state index contributed by atoms with van der Waals surface area (Å²) in [5.74, 6) is 0.926. The van der Waals surface area contributed by atoms with Crippen LogP contribution in [0.4, 0.5) is 5.82 Å². The van der Waals surface area contributed by atoms with E-state index in [0.29, 0.717) is 34.7 Å². The molecule has 0 saturated heterocycles. The van der Waals surface area contributed by atoms with Crippen molar-refractivity contribution in [3.05, 3.63) is 24.2 Å². The summed E-state index contributed by atoms with van der Waals surface area (Å²) in [5.41, 5.74) is 8.60. The standard InChI is InChI=1S/C17H22N6O2/c1-10(2)22-25-8-12-21-14-15(23(12)9-17(3,4)24)13-11(20-16(14)18)6-5-7-19-13/h5-7,24H,8-9H2,1-4H3,(H2,18,20). The normalized spacial score (nSPS) is 11.9. The zero-order valence-electron chi connectivity index (χ0n) is 14.8. The smallest absolute Gasteiger partial charge is 0.174 e. The molecule has 0 spiro atoms. The monoisotopic (exact) mass is 342 g/mol. The molecule has 8 nitrogen and oxygen atoms in total. The van der Waals surface area contributed by atoms with E-state index < -0.39 is 5.60 Å². The van der Waals surface area contributed by atoms with Gasteiger partial charge in [0.05, 0.1) is 23.4 Å². The molecule has 3 N–H and O–H groups in total. The number of nitrogens with two attached hydrogens (primary N) is 1. The van der Waals surface area contributed by atoms with Gasteiger partial charge in [-0.3, -0.25) is 4.98 Å². The van der Waals surface area contributed by atoms with Gasteiger partial charge in [-0.25, -0.2) is 9.97 Å². The van der Waals surface area contributed by atoms with E-state index in [9.17, 15) is 5.11 Å². The molecule has 0 fully saturated rings. The van der Waals surface area contributed by atoms with E-state index in [1.54, 1.807) is 26.1 Å². The van der Waals surface area contributed by atoms with Gasteiger partial charge in [-0.05, 0) is 39.8 Å². The molecule has 0 radical (unpaired) electrons. The topological polar surface area (TPSA) is 111 Å². The molecular weight excluding hydrogens is 320 g/mol. The van der Waals surface area contributed by atoms with Crippen LogP contribution >= 0.6 is 0 Å². The number of oxime groups is 1. The van der Waals surface area contributed by atoms with E-state index in [1.807, 2.05) is 24.5 Å². The average molecular weight is 342 g/mol. The molecule has 3 aromatic rings. The minimum absolute atomic E-state index is 0.156. The summed E-state index contributed by atoms with van der Waals surface area (Å²) in [6.07, 6.45) is 1.70. The maximum Gasteiger partial charge on any atom is 0.174 e. The number of pyridine rings is 2. The van der Waals surface area contributed by atoms with Gasteiger partial charge in [-0.2, -0.15) is 0 Å². The van der Waals surface area contributed by atoms with Crippen LogP contribution in [0.2, 0.25) is 0 Å². The molecule has 0 aliphatic carbocycles. The van der Waals surface area contributed by atoms with E-state index in [-0.39, 0.29) is 6.61 Å². The molecule has 0 saturated carbocycles. The fourth-order valence-electron chi connectivity index (χ4n) is 2.66. The van der Waals surface area contributed by atoms with Crippen LogP contribution in [0.5, 0.6) is 0 Å². The van der Waals surface area contributed by atoms with Gasteiger partial charge in [0.2, 0.25) is 0 Å². The van der Waals surface area contributed by atoms with E-state index in [4.69, 9.17) is 10.6 Å². The van der Waals surface area contributed by atoms with Gasteiger partial charge >= 0.3 is 0 Å². The Labute approximate surface area is 145 Å². The van der Waals surface area contributed by atoms with E-state index >= 15 is 0 Å². The first kappa shape index (κ1) is 17.1. The number of fused-ring (bicyclic) bond motifs is 3. The third-order valence-corrected chi connectivity index (χ3v) is 3.53. The van der Waals surface area contributed by atoms with Crippen molar-refractivity contribution in [2.75, 3.05) is 5.73 Å². The quantitative estimate of drug-likeness (QED) is 0.543. The second kappa shape index (κ2) is 6.29. The highest BCUT2D eigenvalue weighted by molar-refractivity contribution is 6.04. The summed E-state index contributed by atoms with van der Waals surface area (Å²) in [6.45, 7) is 7.63. The fraction of sp³-hybridized carbons (Fsp3) is 0.412. The number of nitrogen functional groups attached to an aromatic ring is 1. The van der Waals surface area contributed by atoms with Crippen molar-refractivity contribution in [3.8, 4) is 0 Å². The lowest BCUT2D eigenvalue weighted by Crippen LogP contribution is -2.27. The summed E-state index contributed by atoms with van der Waals surface area (Å²) in [6, 6.07) is 3.65. The maximum absolute atomic E-state index is 10.3. The van der Waals surface area contributed by atoms with Crippen LogP contribution < -0.4 is 5.73 Å². The van der Waals surface area contributed by atoms with Crippen molar-refractivity contribution in [2.24, 2.45) is 5.16 Å². The highest BCUT2D eigenvalue weighted by Crippen LogP contribution is 2.28. The van der Waals surface area contributed by atoms with Crippen molar-refractivity contribution >= 4 is 33.6 Å². The number of rotatable bonds is 5. The molecule has 3 aromatic heterocycles. The highest BCUT2D eigenvalue weighted by atomic mass is 16.6.